The first-order chi connectivity index (χ1) is 11.5. The summed E-state index contributed by atoms with van der Waals surface area (Å²) in [5.74, 6) is 1.11. The van der Waals surface area contributed by atoms with Crippen LogP contribution in [0.25, 0.3) is 0 Å². The smallest absolute Gasteiger partial charge is 0.0900 e. The number of aryl methyl sites for hydroxylation is 3. The van der Waals surface area contributed by atoms with Crippen molar-refractivity contribution in [1.29, 1.82) is 0 Å². The molecule has 0 amide bonds. The van der Waals surface area contributed by atoms with Crippen molar-refractivity contribution in [3.8, 4) is 0 Å². The standard InChI is InChI=1S/C17H24N4OS2/c1-12-4-15(20(3)19-12)6-21-10-17(11-21)5-16(9-24-17)22-7-14-8-23-13(2)18-14/h4,8,16H,5-7,9-11H2,1-3H3/t16-/m0/s1. The molecule has 2 aliphatic rings. The van der Waals surface area contributed by atoms with Crippen molar-refractivity contribution in [3.05, 3.63) is 33.5 Å². The molecule has 2 aromatic rings. The van der Waals surface area contributed by atoms with E-state index in [0.29, 0.717) is 17.5 Å². The Morgan fingerprint density at radius 3 is 2.88 bits per heavy atom. The van der Waals surface area contributed by atoms with Crippen LogP contribution in [0.5, 0.6) is 0 Å². The van der Waals surface area contributed by atoms with E-state index in [1.54, 1.807) is 11.3 Å². The summed E-state index contributed by atoms with van der Waals surface area (Å²) in [5.41, 5.74) is 3.48. The molecular formula is C17H24N4OS2. The first kappa shape index (κ1) is 16.6. The van der Waals surface area contributed by atoms with Gasteiger partial charge in [-0.1, -0.05) is 0 Å². The molecule has 2 aromatic heterocycles. The number of hydrogen-bond acceptors (Lipinski definition) is 6. The maximum Gasteiger partial charge on any atom is 0.0900 e. The minimum absolute atomic E-state index is 0.373. The zero-order chi connectivity index (χ0) is 16.7. The van der Waals surface area contributed by atoms with E-state index in [1.807, 2.05) is 18.7 Å². The normalized spacial score (nSPS) is 23.0. The lowest BCUT2D eigenvalue weighted by atomic mass is 9.93. The second-order valence-corrected chi connectivity index (χ2v) is 9.59. The van der Waals surface area contributed by atoms with E-state index >= 15 is 0 Å². The van der Waals surface area contributed by atoms with Gasteiger partial charge < -0.3 is 4.74 Å². The summed E-state index contributed by atoms with van der Waals surface area (Å²) < 4.78 is 8.52. The van der Waals surface area contributed by atoms with Crippen molar-refractivity contribution >= 4 is 23.1 Å². The van der Waals surface area contributed by atoms with Gasteiger partial charge in [0.05, 0.1) is 34.8 Å². The fraction of sp³-hybridized carbons (Fsp3) is 0.647. The molecule has 0 bridgehead atoms. The summed E-state index contributed by atoms with van der Waals surface area (Å²) in [6.07, 6.45) is 1.54. The summed E-state index contributed by atoms with van der Waals surface area (Å²) in [5, 5.41) is 7.66. The Labute approximate surface area is 151 Å². The fourth-order valence-corrected chi connectivity index (χ4v) is 5.93. The number of thioether (sulfide) groups is 1. The van der Waals surface area contributed by atoms with E-state index < -0.39 is 0 Å². The van der Waals surface area contributed by atoms with Gasteiger partial charge in [0.25, 0.3) is 0 Å². The zero-order valence-electron chi connectivity index (χ0n) is 14.5. The zero-order valence-corrected chi connectivity index (χ0v) is 16.1. The number of ether oxygens (including phenoxy) is 1. The number of thiazole rings is 1. The van der Waals surface area contributed by atoms with Crippen LogP contribution in [0, 0.1) is 13.8 Å². The molecule has 24 heavy (non-hydrogen) atoms. The van der Waals surface area contributed by atoms with Crippen molar-refractivity contribution in [3.63, 3.8) is 0 Å². The van der Waals surface area contributed by atoms with Gasteiger partial charge in [-0.05, 0) is 26.3 Å². The first-order valence-electron chi connectivity index (χ1n) is 8.40. The molecule has 4 rings (SSSR count). The average molecular weight is 365 g/mol. The van der Waals surface area contributed by atoms with Gasteiger partial charge in [0.15, 0.2) is 0 Å². The van der Waals surface area contributed by atoms with Crippen LogP contribution in [-0.4, -0.2) is 49.4 Å². The molecule has 0 aliphatic carbocycles. The Kier molecular flexibility index (Phi) is 4.45. The highest BCUT2D eigenvalue weighted by atomic mass is 32.2. The van der Waals surface area contributed by atoms with Gasteiger partial charge in [0.2, 0.25) is 0 Å². The number of aromatic nitrogens is 3. The van der Waals surface area contributed by atoms with E-state index in [9.17, 15) is 0 Å². The highest BCUT2D eigenvalue weighted by Gasteiger charge is 2.49. The number of hydrogen-bond donors (Lipinski definition) is 0. The second-order valence-electron chi connectivity index (χ2n) is 7.03. The predicted octanol–water partition coefficient (Wildman–Crippen LogP) is 2.77. The summed E-state index contributed by atoms with van der Waals surface area (Å²) >= 11 is 3.79. The third-order valence-electron chi connectivity index (χ3n) is 4.82. The van der Waals surface area contributed by atoms with Crippen molar-refractivity contribution in [2.24, 2.45) is 7.05 Å². The van der Waals surface area contributed by atoms with Gasteiger partial charge in [-0.15, -0.1) is 23.1 Å². The number of likely N-dealkylation sites (tertiary alicyclic amines) is 1. The van der Waals surface area contributed by atoms with E-state index in [4.69, 9.17) is 4.74 Å². The van der Waals surface area contributed by atoms with Gasteiger partial charge in [-0.2, -0.15) is 5.10 Å². The summed E-state index contributed by atoms with van der Waals surface area (Å²) in [4.78, 5) is 7.00. The van der Waals surface area contributed by atoms with Crippen LogP contribution in [0.1, 0.15) is 28.5 Å². The van der Waals surface area contributed by atoms with Gasteiger partial charge in [0, 0.05) is 42.6 Å². The highest BCUT2D eigenvalue weighted by molar-refractivity contribution is 8.01. The Balaban J connectivity index is 1.25. The fourth-order valence-electron chi connectivity index (χ4n) is 3.73. The molecular weight excluding hydrogens is 340 g/mol. The van der Waals surface area contributed by atoms with Gasteiger partial charge in [-0.3, -0.25) is 9.58 Å². The maximum atomic E-state index is 6.10. The third kappa shape index (κ3) is 3.40. The van der Waals surface area contributed by atoms with Crippen LogP contribution in [0.15, 0.2) is 11.4 Å². The maximum absolute atomic E-state index is 6.10. The molecule has 0 aromatic carbocycles. The molecule has 130 valence electrons. The van der Waals surface area contributed by atoms with E-state index in [1.165, 1.54) is 12.1 Å². The van der Waals surface area contributed by atoms with Crippen LogP contribution >= 0.6 is 23.1 Å². The Morgan fingerprint density at radius 2 is 2.21 bits per heavy atom. The van der Waals surface area contributed by atoms with E-state index in [0.717, 1.165) is 41.8 Å². The largest absolute Gasteiger partial charge is 0.371 e. The predicted molar refractivity (Wildman–Crippen MR) is 98.5 cm³/mol. The lowest BCUT2D eigenvalue weighted by molar-refractivity contribution is 0.0247. The summed E-state index contributed by atoms with van der Waals surface area (Å²) in [6.45, 7) is 8.09. The van der Waals surface area contributed by atoms with Crippen molar-refractivity contribution in [2.75, 3.05) is 18.8 Å². The minimum atomic E-state index is 0.373. The summed E-state index contributed by atoms with van der Waals surface area (Å²) in [7, 11) is 2.03. The molecule has 0 unspecified atom stereocenters. The molecule has 2 fully saturated rings. The van der Waals surface area contributed by atoms with Crippen LogP contribution in [-0.2, 0) is 24.9 Å². The SMILES string of the molecule is Cc1cc(CN2CC3(C[C@H](OCc4csc(C)n4)CS3)C2)n(C)n1. The molecule has 2 saturated heterocycles. The first-order valence-corrected chi connectivity index (χ1v) is 10.3. The lowest BCUT2D eigenvalue weighted by Gasteiger charge is -2.47. The molecule has 0 N–H and O–H groups in total. The Bertz CT molecular complexity index is 720. The van der Waals surface area contributed by atoms with Crippen LogP contribution in [0.4, 0.5) is 0 Å². The van der Waals surface area contributed by atoms with Crippen LogP contribution in [0.2, 0.25) is 0 Å². The van der Waals surface area contributed by atoms with E-state index in [-0.39, 0.29) is 0 Å². The minimum Gasteiger partial charge on any atom is -0.371 e. The number of rotatable bonds is 5. The van der Waals surface area contributed by atoms with Gasteiger partial charge in [0.1, 0.15) is 0 Å². The van der Waals surface area contributed by atoms with Gasteiger partial charge in [-0.25, -0.2) is 4.98 Å². The molecule has 0 saturated carbocycles. The monoisotopic (exact) mass is 364 g/mol. The van der Waals surface area contributed by atoms with Gasteiger partial charge >= 0.3 is 0 Å². The molecule has 7 heteroatoms. The number of nitrogens with zero attached hydrogens (tertiary/aromatic N) is 4. The highest BCUT2D eigenvalue weighted by Crippen LogP contribution is 2.46. The quantitative estimate of drug-likeness (QED) is 0.816. The molecule has 2 aliphatic heterocycles. The molecule has 1 spiro atoms. The lowest BCUT2D eigenvalue weighted by Crippen LogP contribution is -2.58. The van der Waals surface area contributed by atoms with Crippen LogP contribution < -0.4 is 0 Å². The molecule has 0 radical (unpaired) electrons. The van der Waals surface area contributed by atoms with Crippen molar-refractivity contribution < 1.29 is 4.74 Å². The molecule has 5 nitrogen and oxygen atoms in total. The Hall–Kier alpha value is -0.890. The topological polar surface area (TPSA) is 43.2 Å². The van der Waals surface area contributed by atoms with Crippen molar-refractivity contribution in [1.82, 2.24) is 19.7 Å². The molecule has 4 heterocycles. The van der Waals surface area contributed by atoms with Crippen LogP contribution in [0.3, 0.4) is 0 Å². The Morgan fingerprint density at radius 1 is 1.38 bits per heavy atom. The van der Waals surface area contributed by atoms with E-state index in [2.05, 4.69) is 45.1 Å². The average Bonchev–Trinajstić information content (AvgIpc) is 3.17. The second kappa shape index (κ2) is 6.44. The summed E-state index contributed by atoms with van der Waals surface area (Å²) in [6, 6.07) is 2.19. The van der Waals surface area contributed by atoms with Crippen molar-refractivity contribution in [2.45, 2.75) is 44.3 Å². The third-order valence-corrected chi connectivity index (χ3v) is 7.21. The molecule has 1 atom stereocenters.